The predicted molar refractivity (Wildman–Crippen MR) is 101 cm³/mol. The lowest BCUT2D eigenvalue weighted by Gasteiger charge is -2.24. The van der Waals surface area contributed by atoms with E-state index in [0.717, 1.165) is 6.42 Å². The van der Waals surface area contributed by atoms with Gasteiger partial charge in [-0.25, -0.2) is 4.98 Å². The Morgan fingerprint density at radius 2 is 1.92 bits per heavy atom. The Morgan fingerprint density at radius 3 is 2.69 bits per heavy atom. The highest BCUT2D eigenvalue weighted by molar-refractivity contribution is 5.81. The molecule has 1 aromatic heterocycles. The van der Waals surface area contributed by atoms with Gasteiger partial charge in [0.05, 0.1) is 31.7 Å². The van der Waals surface area contributed by atoms with Crippen molar-refractivity contribution in [2.45, 2.75) is 25.9 Å². The van der Waals surface area contributed by atoms with Gasteiger partial charge in [0.25, 0.3) is 5.56 Å². The summed E-state index contributed by atoms with van der Waals surface area (Å²) < 4.78 is 10.6. The number of anilines is 1. The number of aromatic amines is 1. The minimum atomic E-state index is -0.175. The molecule has 0 aliphatic carbocycles. The first-order chi connectivity index (χ1) is 12.6. The zero-order valence-corrected chi connectivity index (χ0v) is 15.1. The largest absolute Gasteiger partial charge is 0.493 e. The average Bonchev–Trinajstić information content (AvgIpc) is 2.96. The Morgan fingerprint density at radius 1 is 1.19 bits per heavy atom. The molecular formula is C20H21N3O3. The third-order valence-corrected chi connectivity index (χ3v) is 4.93. The van der Waals surface area contributed by atoms with E-state index in [0.29, 0.717) is 40.8 Å². The van der Waals surface area contributed by atoms with Gasteiger partial charge < -0.3 is 19.4 Å². The molecule has 2 heterocycles. The van der Waals surface area contributed by atoms with Crippen LogP contribution in [-0.4, -0.2) is 30.2 Å². The van der Waals surface area contributed by atoms with E-state index in [9.17, 15) is 4.79 Å². The predicted octanol–water partition coefficient (Wildman–Crippen LogP) is 2.89. The molecule has 3 aromatic rings. The highest BCUT2D eigenvalue weighted by Gasteiger charge is 2.26. The smallest absolute Gasteiger partial charge is 0.258 e. The van der Waals surface area contributed by atoms with E-state index in [-0.39, 0.29) is 5.56 Å². The van der Waals surface area contributed by atoms with Crippen molar-refractivity contribution >= 4 is 16.6 Å². The maximum atomic E-state index is 12.6. The first-order valence-corrected chi connectivity index (χ1v) is 8.60. The van der Waals surface area contributed by atoms with Gasteiger partial charge in [0.15, 0.2) is 11.5 Å². The zero-order chi connectivity index (χ0) is 18.3. The normalized spacial score (nSPS) is 16.0. The van der Waals surface area contributed by atoms with Crippen molar-refractivity contribution in [2.24, 2.45) is 0 Å². The summed E-state index contributed by atoms with van der Waals surface area (Å²) in [5, 5.41) is 0.487. The Hall–Kier alpha value is -3.02. The van der Waals surface area contributed by atoms with Crippen molar-refractivity contribution in [1.82, 2.24) is 9.97 Å². The Balaban J connectivity index is 1.75. The number of para-hydroxylation sites is 1. The highest BCUT2D eigenvalue weighted by atomic mass is 16.5. The maximum absolute atomic E-state index is 12.6. The number of methoxy groups -OCH3 is 2. The van der Waals surface area contributed by atoms with E-state index in [2.05, 4.69) is 40.0 Å². The number of ether oxygens (including phenoxy) is 2. The van der Waals surface area contributed by atoms with E-state index >= 15 is 0 Å². The zero-order valence-electron chi connectivity index (χ0n) is 15.1. The molecule has 1 atom stereocenters. The molecule has 6 heteroatoms. The second-order valence-corrected chi connectivity index (χ2v) is 6.55. The van der Waals surface area contributed by atoms with Gasteiger partial charge in [-0.15, -0.1) is 0 Å². The molecule has 1 aliphatic rings. The molecule has 26 heavy (non-hydrogen) atoms. The highest BCUT2D eigenvalue weighted by Crippen LogP contribution is 2.33. The minimum absolute atomic E-state index is 0.175. The van der Waals surface area contributed by atoms with Crippen LogP contribution in [0.4, 0.5) is 5.69 Å². The summed E-state index contributed by atoms with van der Waals surface area (Å²) >= 11 is 0. The summed E-state index contributed by atoms with van der Waals surface area (Å²) in [5.41, 5.74) is 2.96. The van der Waals surface area contributed by atoms with Crippen molar-refractivity contribution in [2.75, 3.05) is 19.1 Å². The van der Waals surface area contributed by atoms with Crippen LogP contribution in [-0.2, 0) is 13.0 Å². The number of aromatic nitrogens is 2. The van der Waals surface area contributed by atoms with Crippen LogP contribution < -0.4 is 19.9 Å². The fourth-order valence-electron chi connectivity index (χ4n) is 3.62. The lowest BCUT2D eigenvalue weighted by atomic mass is 10.1. The fourth-order valence-corrected chi connectivity index (χ4v) is 3.62. The Bertz CT molecular complexity index is 1030. The third-order valence-electron chi connectivity index (χ3n) is 4.93. The van der Waals surface area contributed by atoms with E-state index in [1.807, 2.05) is 6.07 Å². The lowest BCUT2D eigenvalue weighted by Crippen LogP contribution is -2.30. The first-order valence-electron chi connectivity index (χ1n) is 8.60. The molecule has 1 aliphatic heterocycles. The van der Waals surface area contributed by atoms with Crippen LogP contribution in [0.1, 0.15) is 18.3 Å². The first kappa shape index (κ1) is 16.4. The standard InChI is InChI=1S/C20H21N3O3/c1-12-8-13-6-4-5-7-16(13)23(12)11-19-21-15-10-18(26-3)17(25-2)9-14(15)20(24)22-19/h4-7,9-10,12H,8,11H2,1-3H3,(H,21,22,24). The molecular weight excluding hydrogens is 330 g/mol. The number of rotatable bonds is 4. The number of hydrogen-bond donors (Lipinski definition) is 1. The van der Waals surface area contributed by atoms with Crippen LogP contribution in [0.3, 0.4) is 0 Å². The molecule has 0 radical (unpaired) electrons. The van der Waals surface area contributed by atoms with Gasteiger partial charge in [-0.1, -0.05) is 18.2 Å². The second kappa shape index (κ2) is 6.37. The third kappa shape index (κ3) is 2.67. The molecule has 0 fully saturated rings. The molecule has 1 unspecified atom stereocenters. The number of nitrogens with zero attached hydrogens (tertiary/aromatic N) is 2. The van der Waals surface area contributed by atoms with E-state index < -0.39 is 0 Å². The molecule has 6 nitrogen and oxygen atoms in total. The molecule has 0 saturated heterocycles. The van der Waals surface area contributed by atoms with Crippen molar-refractivity contribution < 1.29 is 9.47 Å². The summed E-state index contributed by atoms with van der Waals surface area (Å²) in [4.78, 5) is 22.4. The van der Waals surface area contributed by atoms with E-state index in [1.165, 1.54) is 11.3 Å². The molecule has 2 aromatic carbocycles. The van der Waals surface area contributed by atoms with Crippen molar-refractivity contribution in [3.8, 4) is 11.5 Å². The van der Waals surface area contributed by atoms with Gasteiger partial charge in [-0.3, -0.25) is 4.79 Å². The molecule has 0 spiro atoms. The maximum Gasteiger partial charge on any atom is 0.258 e. The van der Waals surface area contributed by atoms with Crippen LogP contribution in [0.2, 0.25) is 0 Å². The second-order valence-electron chi connectivity index (χ2n) is 6.55. The van der Waals surface area contributed by atoms with Crippen LogP contribution in [0.25, 0.3) is 10.9 Å². The summed E-state index contributed by atoms with van der Waals surface area (Å²) in [5.74, 6) is 1.71. The van der Waals surface area contributed by atoms with Crippen molar-refractivity contribution in [1.29, 1.82) is 0 Å². The number of H-pyrrole nitrogens is 1. The Kier molecular flexibility index (Phi) is 4.03. The molecule has 4 rings (SSSR count). The van der Waals surface area contributed by atoms with E-state index in [4.69, 9.17) is 9.47 Å². The molecule has 0 saturated carbocycles. The summed E-state index contributed by atoms with van der Waals surface area (Å²) in [7, 11) is 3.12. The van der Waals surface area contributed by atoms with Crippen LogP contribution in [0.15, 0.2) is 41.2 Å². The summed E-state index contributed by atoms with van der Waals surface area (Å²) in [6.45, 7) is 2.74. The van der Waals surface area contributed by atoms with Gasteiger partial charge in [-0.2, -0.15) is 0 Å². The Labute approximate surface area is 151 Å². The van der Waals surface area contributed by atoms with Crippen LogP contribution >= 0.6 is 0 Å². The SMILES string of the molecule is COc1cc2nc(CN3c4ccccc4CC3C)[nH]c(=O)c2cc1OC. The summed E-state index contributed by atoms with van der Waals surface area (Å²) in [6.07, 6.45) is 0.999. The molecule has 1 N–H and O–H groups in total. The quantitative estimate of drug-likeness (QED) is 0.783. The number of benzene rings is 2. The van der Waals surface area contributed by atoms with Gasteiger partial charge in [0.2, 0.25) is 0 Å². The van der Waals surface area contributed by atoms with Gasteiger partial charge in [0.1, 0.15) is 5.82 Å². The molecule has 134 valence electrons. The van der Waals surface area contributed by atoms with Gasteiger partial charge in [-0.05, 0) is 31.0 Å². The lowest BCUT2D eigenvalue weighted by molar-refractivity contribution is 0.355. The van der Waals surface area contributed by atoms with Crippen LogP contribution in [0.5, 0.6) is 11.5 Å². The van der Waals surface area contributed by atoms with Crippen LogP contribution in [0, 0.1) is 0 Å². The summed E-state index contributed by atoms with van der Waals surface area (Å²) in [6, 6.07) is 12.1. The molecule has 0 amide bonds. The monoisotopic (exact) mass is 351 g/mol. The van der Waals surface area contributed by atoms with E-state index in [1.54, 1.807) is 26.4 Å². The van der Waals surface area contributed by atoms with Gasteiger partial charge >= 0.3 is 0 Å². The topological polar surface area (TPSA) is 67.5 Å². The number of nitrogens with one attached hydrogen (secondary N) is 1. The fraction of sp³-hybridized carbons (Fsp3) is 0.300. The molecule has 0 bridgehead atoms. The number of hydrogen-bond acceptors (Lipinski definition) is 5. The van der Waals surface area contributed by atoms with Gasteiger partial charge in [0, 0.05) is 17.8 Å². The number of fused-ring (bicyclic) bond motifs is 2. The van der Waals surface area contributed by atoms with Crippen molar-refractivity contribution in [3.05, 3.63) is 58.1 Å². The average molecular weight is 351 g/mol. The van der Waals surface area contributed by atoms with Crippen molar-refractivity contribution in [3.63, 3.8) is 0 Å². The minimum Gasteiger partial charge on any atom is -0.493 e.